The summed E-state index contributed by atoms with van der Waals surface area (Å²) in [7, 11) is 1.94. The Hall–Kier alpha value is -1.50. The fourth-order valence-electron chi connectivity index (χ4n) is 3.67. The minimum Gasteiger partial charge on any atom is -0.342 e. The zero-order chi connectivity index (χ0) is 18.0. The van der Waals surface area contributed by atoms with E-state index in [0.29, 0.717) is 36.9 Å². The first-order valence-electron chi connectivity index (χ1n) is 8.73. The number of alkyl halides is 2. The van der Waals surface area contributed by atoms with E-state index in [1.54, 1.807) is 12.4 Å². The molecule has 138 valence electrons. The minimum absolute atomic E-state index is 0.0411. The number of carbonyl (C=O) groups excluding carboxylic acids is 1. The Bertz CT molecular complexity index is 595. The third-order valence-corrected chi connectivity index (χ3v) is 5.51. The number of carbonyl (C=O) groups is 1. The lowest BCUT2D eigenvalue weighted by molar-refractivity contribution is -0.140. The molecule has 0 radical (unpaired) electrons. The Labute approximate surface area is 151 Å². The van der Waals surface area contributed by atoms with Crippen LogP contribution in [0.3, 0.4) is 0 Å². The van der Waals surface area contributed by atoms with Gasteiger partial charge in [0.15, 0.2) is 0 Å². The molecule has 0 unspecified atom stereocenters. The van der Waals surface area contributed by atoms with Crippen LogP contribution < -0.4 is 4.90 Å². The highest BCUT2D eigenvalue weighted by atomic mass is 35.5. The predicted molar refractivity (Wildman–Crippen MR) is 92.0 cm³/mol. The number of anilines is 1. The zero-order valence-corrected chi connectivity index (χ0v) is 15.1. The SMILES string of the molecule is CN(c1ncc(Cl)cn1)C1CCN(C(=O)C2CCC(F)(F)CC2)CC1. The summed E-state index contributed by atoms with van der Waals surface area (Å²) in [4.78, 5) is 24.9. The number of nitrogens with zero attached hydrogens (tertiary/aromatic N) is 4. The van der Waals surface area contributed by atoms with E-state index >= 15 is 0 Å². The van der Waals surface area contributed by atoms with Crippen LogP contribution in [0.15, 0.2) is 12.4 Å². The first-order valence-corrected chi connectivity index (χ1v) is 9.10. The van der Waals surface area contributed by atoms with Crippen molar-refractivity contribution in [3.8, 4) is 0 Å². The van der Waals surface area contributed by atoms with Crippen molar-refractivity contribution >= 4 is 23.5 Å². The van der Waals surface area contributed by atoms with Crippen LogP contribution >= 0.6 is 11.6 Å². The summed E-state index contributed by atoms with van der Waals surface area (Å²) in [5, 5.41) is 0.496. The lowest BCUT2D eigenvalue weighted by Gasteiger charge is -2.39. The molecule has 1 aromatic rings. The van der Waals surface area contributed by atoms with Crippen LogP contribution in [-0.4, -0.2) is 52.9 Å². The first kappa shape index (κ1) is 18.3. The van der Waals surface area contributed by atoms with Gasteiger partial charge in [0, 0.05) is 44.9 Å². The molecule has 1 saturated heterocycles. The van der Waals surface area contributed by atoms with E-state index in [0.717, 1.165) is 12.8 Å². The third kappa shape index (κ3) is 4.37. The molecule has 1 amide bonds. The molecule has 5 nitrogen and oxygen atoms in total. The Morgan fingerprint density at radius 2 is 1.76 bits per heavy atom. The third-order valence-electron chi connectivity index (χ3n) is 5.31. The molecule has 0 aromatic carbocycles. The molecule has 25 heavy (non-hydrogen) atoms. The molecule has 0 atom stereocenters. The Morgan fingerprint density at radius 3 is 2.32 bits per heavy atom. The van der Waals surface area contributed by atoms with Crippen molar-refractivity contribution in [1.82, 2.24) is 14.9 Å². The quantitative estimate of drug-likeness (QED) is 0.816. The molecule has 0 spiro atoms. The zero-order valence-electron chi connectivity index (χ0n) is 14.3. The second-order valence-electron chi connectivity index (χ2n) is 7.00. The fraction of sp³-hybridized carbons (Fsp3) is 0.706. The maximum absolute atomic E-state index is 13.3. The summed E-state index contributed by atoms with van der Waals surface area (Å²) >= 11 is 5.81. The summed E-state index contributed by atoms with van der Waals surface area (Å²) in [5.74, 6) is -2.18. The number of rotatable bonds is 3. The first-order chi connectivity index (χ1) is 11.9. The van der Waals surface area contributed by atoms with Gasteiger partial charge in [-0.2, -0.15) is 0 Å². The van der Waals surface area contributed by atoms with Gasteiger partial charge >= 0.3 is 0 Å². The van der Waals surface area contributed by atoms with Gasteiger partial charge in [-0.25, -0.2) is 18.7 Å². The second-order valence-corrected chi connectivity index (χ2v) is 7.44. The van der Waals surface area contributed by atoms with E-state index in [4.69, 9.17) is 11.6 Å². The van der Waals surface area contributed by atoms with Crippen molar-refractivity contribution in [2.45, 2.75) is 50.5 Å². The highest BCUT2D eigenvalue weighted by molar-refractivity contribution is 6.30. The summed E-state index contributed by atoms with van der Waals surface area (Å²) in [5.41, 5.74) is 0. The van der Waals surface area contributed by atoms with E-state index in [2.05, 4.69) is 9.97 Å². The van der Waals surface area contributed by atoms with Crippen LogP contribution in [0.25, 0.3) is 0 Å². The number of halogens is 3. The average molecular weight is 373 g/mol. The summed E-state index contributed by atoms with van der Waals surface area (Å²) in [6.07, 6.45) is 5.02. The molecular weight excluding hydrogens is 350 g/mol. The Balaban J connectivity index is 1.51. The van der Waals surface area contributed by atoms with Gasteiger partial charge in [-0.3, -0.25) is 4.79 Å². The van der Waals surface area contributed by atoms with Gasteiger partial charge in [-0.15, -0.1) is 0 Å². The summed E-state index contributed by atoms with van der Waals surface area (Å²) < 4.78 is 26.5. The topological polar surface area (TPSA) is 49.3 Å². The molecule has 0 bridgehead atoms. The molecule has 1 aliphatic heterocycles. The van der Waals surface area contributed by atoms with E-state index in [9.17, 15) is 13.6 Å². The normalized spacial score (nSPS) is 22.0. The minimum atomic E-state index is -2.59. The molecule has 1 saturated carbocycles. The highest BCUT2D eigenvalue weighted by Crippen LogP contribution is 2.37. The van der Waals surface area contributed by atoms with Crippen LogP contribution in [0.2, 0.25) is 5.02 Å². The molecule has 1 aliphatic carbocycles. The largest absolute Gasteiger partial charge is 0.342 e. The van der Waals surface area contributed by atoms with Crippen LogP contribution in [0, 0.1) is 5.92 Å². The van der Waals surface area contributed by atoms with Gasteiger partial charge in [0.2, 0.25) is 17.8 Å². The number of hydrogen-bond donors (Lipinski definition) is 0. The molecule has 2 heterocycles. The summed E-state index contributed by atoms with van der Waals surface area (Å²) in [6.45, 7) is 1.29. The van der Waals surface area contributed by atoms with Crippen LogP contribution in [0.1, 0.15) is 38.5 Å². The predicted octanol–water partition coefficient (Wildman–Crippen LogP) is 3.38. The lowest BCUT2D eigenvalue weighted by atomic mass is 9.85. The van der Waals surface area contributed by atoms with Crippen LogP contribution in [0.4, 0.5) is 14.7 Å². The van der Waals surface area contributed by atoms with Gasteiger partial charge in [0.1, 0.15) is 0 Å². The smallest absolute Gasteiger partial charge is 0.248 e. The molecule has 0 N–H and O–H groups in total. The van der Waals surface area contributed by atoms with E-state index < -0.39 is 5.92 Å². The molecule has 1 aromatic heterocycles. The second kappa shape index (κ2) is 7.40. The number of piperidine rings is 1. The average Bonchev–Trinajstić information content (AvgIpc) is 2.61. The van der Waals surface area contributed by atoms with E-state index in [-0.39, 0.29) is 30.7 Å². The summed E-state index contributed by atoms with van der Waals surface area (Å²) in [6, 6.07) is 0.251. The van der Waals surface area contributed by atoms with Crippen molar-refractivity contribution in [2.24, 2.45) is 5.92 Å². The van der Waals surface area contributed by atoms with Gasteiger partial charge in [-0.1, -0.05) is 11.6 Å². The Kier molecular flexibility index (Phi) is 5.41. The standard InChI is InChI=1S/C17H23ClF2N4O/c1-23(16-21-10-13(18)11-22-16)14-4-8-24(9-5-14)15(25)12-2-6-17(19,20)7-3-12/h10-12,14H,2-9H2,1H3. The highest BCUT2D eigenvalue weighted by Gasteiger charge is 2.39. The molecule has 2 aliphatic rings. The number of hydrogen-bond acceptors (Lipinski definition) is 4. The van der Waals surface area contributed by atoms with Crippen molar-refractivity contribution in [3.63, 3.8) is 0 Å². The lowest BCUT2D eigenvalue weighted by Crippen LogP contribution is -2.48. The molecule has 3 rings (SSSR count). The van der Waals surface area contributed by atoms with Crippen LogP contribution in [-0.2, 0) is 4.79 Å². The molecule has 2 fully saturated rings. The van der Waals surface area contributed by atoms with E-state index in [1.165, 1.54) is 0 Å². The van der Waals surface area contributed by atoms with Gasteiger partial charge in [0.25, 0.3) is 0 Å². The maximum Gasteiger partial charge on any atom is 0.248 e. The molecular formula is C17H23ClF2N4O. The fourth-order valence-corrected chi connectivity index (χ4v) is 3.77. The Morgan fingerprint density at radius 1 is 1.20 bits per heavy atom. The van der Waals surface area contributed by atoms with Gasteiger partial charge in [0.05, 0.1) is 17.4 Å². The van der Waals surface area contributed by atoms with Gasteiger partial charge in [-0.05, 0) is 25.7 Å². The van der Waals surface area contributed by atoms with Crippen molar-refractivity contribution < 1.29 is 13.6 Å². The van der Waals surface area contributed by atoms with Crippen molar-refractivity contribution in [3.05, 3.63) is 17.4 Å². The van der Waals surface area contributed by atoms with Crippen molar-refractivity contribution in [1.29, 1.82) is 0 Å². The van der Waals surface area contributed by atoms with Crippen LogP contribution in [0.5, 0.6) is 0 Å². The number of amides is 1. The number of likely N-dealkylation sites (tertiary alicyclic amines) is 1. The van der Waals surface area contributed by atoms with Crippen molar-refractivity contribution in [2.75, 3.05) is 25.0 Å². The van der Waals surface area contributed by atoms with Gasteiger partial charge < -0.3 is 9.80 Å². The molecule has 8 heteroatoms. The number of aromatic nitrogens is 2. The van der Waals surface area contributed by atoms with E-state index in [1.807, 2.05) is 16.8 Å². The maximum atomic E-state index is 13.3. The monoisotopic (exact) mass is 372 g/mol.